The molecule has 2 aromatic rings. The van der Waals surface area contributed by atoms with Crippen LogP contribution in [0.3, 0.4) is 0 Å². The Balaban J connectivity index is 0.000000270. The average Bonchev–Trinajstić information content (AvgIpc) is 2.29. The van der Waals surface area contributed by atoms with E-state index in [4.69, 9.17) is 0 Å². The molecule has 0 bridgehead atoms. The number of nitrogens with zero attached hydrogens (tertiary/aromatic N) is 1. The third kappa shape index (κ3) is 10.6. The molecule has 1 N–H and O–H groups in total. The number of rotatable bonds is 2. The molecule has 0 spiro atoms. The Hall–Kier alpha value is -1.82. The summed E-state index contributed by atoms with van der Waals surface area (Å²) in [5, 5.41) is 9.53. The normalized spacial score (nSPS) is 14.4. The summed E-state index contributed by atoms with van der Waals surface area (Å²) in [6.07, 6.45) is 1.86. The van der Waals surface area contributed by atoms with Crippen LogP contribution in [0.4, 0.5) is 25.2 Å². The molecule has 1 aromatic heterocycles. The van der Waals surface area contributed by atoms with Crippen LogP contribution in [0, 0.1) is 0 Å². The van der Waals surface area contributed by atoms with Crippen molar-refractivity contribution in [2.24, 2.45) is 0 Å². The Morgan fingerprint density at radius 1 is 0.810 bits per heavy atom. The molecule has 0 amide bonds. The molecule has 21 heavy (non-hydrogen) atoms. The molecular weight excluding hydrogens is 319 g/mol. The van der Waals surface area contributed by atoms with E-state index in [1.165, 1.54) is 5.56 Å². The molecule has 9 heteroatoms. The van der Waals surface area contributed by atoms with E-state index in [0.717, 1.165) is 0 Å². The van der Waals surface area contributed by atoms with Crippen LogP contribution in [0.5, 0.6) is 5.88 Å². The van der Waals surface area contributed by atoms with E-state index in [1.807, 2.05) is 48.7 Å². The van der Waals surface area contributed by atoms with Crippen molar-refractivity contribution in [2.45, 2.75) is 6.54 Å². The van der Waals surface area contributed by atoms with Gasteiger partial charge in [-0.3, -0.25) is 0 Å². The van der Waals surface area contributed by atoms with Gasteiger partial charge in [0.25, 0.3) is 0 Å². The van der Waals surface area contributed by atoms with Crippen molar-refractivity contribution in [3.63, 3.8) is 0 Å². The van der Waals surface area contributed by atoms with Gasteiger partial charge in [-0.25, -0.2) is 0 Å². The van der Waals surface area contributed by atoms with Gasteiger partial charge in [0.05, 0.1) is 6.07 Å². The molecule has 2 rings (SSSR count). The molecule has 0 atom stereocenters. The van der Waals surface area contributed by atoms with Crippen LogP contribution >= 0.6 is 7.81 Å². The number of hydrogen-bond acceptors (Lipinski definition) is 1. The summed E-state index contributed by atoms with van der Waals surface area (Å²) in [6, 6.07) is 15.5. The first kappa shape index (κ1) is 17.2. The Morgan fingerprint density at radius 2 is 1.29 bits per heavy atom. The number of pyridine rings is 1. The van der Waals surface area contributed by atoms with Gasteiger partial charge >= 0.3 is 38.9 Å². The van der Waals surface area contributed by atoms with Gasteiger partial charge in [0.1, 0.15) is 0 Å². The smallest absolute Gasteiger partial charge is 0.365 e. The van der Waals surface area contributed by atoms with E-state index in [9.17, 15) is 30.3 Å². The van der Waals surface area contributed by atoms with Crippen molar-refractivity contribution in [3.8, 4) is 5.88 Å². The zero-order chi connectivity index (χ0) is 16.2. The Kier molecular flexibility index (Phi) is 4.25. The van der Waals surface area contributed by atoms with Crippen molar-refractivity contribution < 1.29 is 34.9 Å². The van der Waals surface area contributed by atoms with Crippen molar-refractivity contribution in [2.75, 3.05) is 0 Å². The summed E-state index contributed by atoms with van der Waals surface area (Å²) in [7, 11) is -10.7. The minimum atomic E-state index is -10.7. The van der Waals surface area contributed by atoms with Crippen molar-refractivity contribution >= 4 is 7.81 Å². The molecule has 0 aliphatic carbocycles. The number of aromatic nitrogens is 1. The number of halogens is 6. The first-order valence-electron chi connectivity index (χ1n) is 5.59. The monoisotopic (exact) mass is 331 g/mol. The molecule has 0 radical (unpaired) electrons. The van der Waals surface area contributed by atoms with Gasteiger partial charge in [-0.15, -0.1) is 0 Å². The maximum Gasteiger partial charge on any atom is 0.365 e. The van der Waals surface area contributed by atoms with Crippen LogP contribution in [-0.2, 0) is 6.54 Å². The molecule has 0 aliphatic heterocycles. The Morgan fingerprint density at radius 3 is 1.76 bits per heavy atom. The fourth-order valence-corrected chi connectivity index (χ4v) is 1.38. The molecule has 1 heterocycles. The number of benzene rings is 1. The zero-order valence-electron chi connectivity index (χ0n) is 10.5. The minimum absolute atomic E-state index is 0.288. The van der Waals surface area contributed by atoms with E-state index < -0.39 is 7.81 Å². The largest absolute Gasteiger partial charge is 0.460 e. The van der Waals surface area contributed by atoms with Gasteiger partial charge in [-0.05, 0) is 6.07 Å². The summed E-state index contributed by atoms with van der Waals surface area (Å²) >= 11 is 0. The summed E-state index contributed by atoms with van der Waals surface area (Å²) in [5.74, 6) is 0.288. The molecule has 2 nitrogen and oxygen atoms in total. The quantitative estimate of drug-likeness (QED) is 0.461. The van der Waals surface area contributed by atoms with Gasteiger partial charge < -0.3 is 5.11 Å². The van der Waals surface area contributed by atoms with Gasteiger partial charge in [-0.2, -0.15) is 4.57 Å². The third-order valence-electron chi connectivity index (χ3n) is 2.11. The second-order valence-electron chi connectivity index (χ2n) is 4.13. The van der Waals surface area contributed by atoms with Crippen molar-refractivity contribution in [3.05, 3.63) is 60.3 Å². The zero-order valence-corrected chi connectivity index (χ0v) is 11.4. The van der Waals surface area contributed by atoms with Gasteiger partial charge in [-0.1, -0.05) is 30.3 Å². The van der Waals surface area contributed by atoms with Crippen LogP contribution in [0.15, 0.2) is 54.7 Å². The van der Waals surface area contributed by atoms with Gasteiger partial charge in [0.2, 0.25) is 0 Å². The van der Waals surface area contributed by atoms with Crippen LogP contribution in [-0.4, -0.2) is 5.11 Å². The predicted molar refractivity (Wildman–Crippen MR) is 67.4 cm³/mol. The van der Waals surface area contributed by atoms with Gasteiger partial charge in [0.15, 0.2) is 12.7 Å². The van der Waals surface area contributed by atoms with E-state index in [0.29, 0.717) is 6.54 Å². The number of aromatic hydroxyl groups is 1. The third-order valence-corrected chi connectivity index (χ3v) is 2.11. The van der Waals surface area contributed by atoms with Crippen LogP contribution in [0.1, 0.15) is 5.56 Å². The second-order valence-corrected chi connectivity index (χ2v) is 6.05. The summed E-state index contributed by atoms with van der Waals surface area (Å²) in [5.41, 5.74) is 1.18. The maximum absolute atomic E-state index is 10.7. The van der Waals surface area contributed by atoms with Crippen LogP contribution in [0.2, 0.25) is 0 Å². The average molecular weight is 331 g/mol. The topological polar surface area (TPSA) is 24.1 Å². The van der Waals surface area contributed by atoms with Crippen LogP contribution < -0.4 is 4.57 Å². The molecule has 0 saturated carbocycles. The SMILES string of the molecule is F[P-](F)(F)(F)(F)F.Oc1cccc[n+]1Cc1ccccc1. The van der Waals surface area contributed by atoms with Crippen LogP contribution in [0.25, 0.3) is 0 Å². The molecule has 1 aromatic carbocycles. The Labute approximate surface area is 116 Å². The van der Waals surface area contributed by atoms with Crippen molar-refractivity contribution in [1.82, 2.24) is 0 Å². The first-order valence-corrected chi connectivity index (χ1v) is 7.62. The molecule has 0 fully saturated rings. The molecular formula is C12H12F6NOP. The van der Waals surface area contributed by atoms with E-state index >= 15 is 0 Å². The summed E-state index contributed by atoms with van der Waals surface area (Å²) in [4.78, 5) is 0. The second kappa shape index (κ2) is 5.18. The standard InChI is InChI=1S/C12H11NO.F6P/c14-12-8-4-5-9-13(12)10-11-6-2-1-3-7-11;1-7(2,3,4,5)6/h1-9H,10H2;/q;-1/p+1. The fraction of sp³-hybridized carbons (Fsp3) is 0.0833. The maximum atomic E-state index is 9.87. The molecule has 0 unspecified atom stereocenters. The fourth-order valence-electron chi connectivity index (χ4n) is 1.38. The molecule has 0 saturated heterocycles. The Bertz CT molecular complexity index is 588. The minimum Gasteiger partial charge on any atom is -0.460 e. The van der Waals surface area contributed by atoms with E-state index in [2.05, 4.69) is 0 Å². The first-order chi connectivity index (χ1) is 9.31. The van der Waals surface area contributed by atoms with Gasteiger partial charge in [0, 0.05) is 11.6 Å². The summed E-state index contributed by atoms with van der Waals surface area (Å²) in [6.45, 7) is 0.702. The van der Waals surface area contributed by atoms with Crippen molar-refractivity contribution in [1.29, 1.82) is 0 Å². The predicted octanol–water partition coefficient (Wildman–Crippen LogP) is 5.11. The summed E-state index contributed by atoms with van der Waals surface area (Å²) < 4.78 is 61.0. The molecule has 0 aliphatic rings. The van der Waals surface area contributed by atoms with E-state index in [-0.39, 0.29) is 5.88 Å². The van der Waals surface area contributed by atoms with E-state index in [1.54, 1.807) is 10.6 Å². The number of hydrogen-bond donors (Lipinski definition) is 1. The molecule has 118 valence electrons.